The molecular weight excluding hydrogens is 186 g/mol. The molecule has 1 aliphatic rings. The van der Waals surface area contributed by atoms with Crippen LogP contribution in [-0.4, -0.2) is 6.04 Å². The van der Waals surface area contributed by atoms with Crippen LogP contribution in [0.3, 0.4) is 0 Å². The molecule has 0 saturated heterocycles. The smallest absolute Gasteiger partial charge is 0.120 e. The van der Waals surface area contributed by atoms with Crippen molar-refractivity contribution in [1.29, 1.82) is 0 Å². The van der Waals surface area contributed by atoms with E-state index in [9.17, 15) is 0 Å². The summed E-state index contributed by atoms with van der Waals surface area (Å²) in [7, 11) is 0. The molecule has 0 bridgehead atoms. The Hall–Kier alpha value is -0.760. The lowest BCUT2D eigenvalue weighted by atomic mass is 9.85. The van der Waals surface area contributed by atoms with Gasteiger partial charge in [0, 0.05) is 6.04 Å². The Balaban J connectivity index is 1.90. The van der Waals surface area contributed by atoms with Gasteiger partial charge in [-0.15, -0.1) is 0 Å². The van der Waals surface area contributed by atoms with Gasteiger partial charge in [0.25, 0.3) is 0 Å². The summed E-state index contributed by atoms with van der Waals surface area (Å²) in [6, 6.07) is 5.01. The zero-order chi connectivity index (χ0) is 10.7. The number of furan rings is 1. The van der Waals surface area contributed by atoms with Gasteiger partial charge in [-0.25, -0.2) is 0 Å². The van der Waals surface area contributed by atoms with Crippen molar-refractivity contribution in [3.05, 3.63) is 24.2 Å². The van der Waals surface area contributed by atoms with Gasteiger partial charge in [0.2, 0.25) is 0 Å². The highest BCUT2D eigenvalue weighted by Gasteiger charge is 2.23. The molecule has 1 fully saturated rings. The predicted molar refractivity (Wildman–Crippen MR) is 61.7 cm³/mol. The maximum Gasteiger partial charge on any atom is 0.120 e. The molecule has 2 rings (SSSR count). The highest BCUT2D eigenvalue weighted by atomic mass is 16.3. The molecule has 1 heterocycles. The lowest BCUT2D eigenvalue weighted by molar-refractivity contribution is 0.253. The van der Waals surface area contributed by atoms with Gasteiger partial charge in [0.05, 0.1) is 12.3 Å². The maximum absolute atomic E-state index is 5.41. The van der Waals surface area contributed by atoms with Gasteiger partial charge in [-0.05, 0) is 37.8 Å². The standard InChI is InChI=1S/C13H21NO/c1-10-6-3-4-7-12(10)14-11(2)13-8-5-9-15-13/h5,8-12,14H,3-4,6-7H2,1-2H3/t10-,11+,12+/m1/s1. The Morgan fingerprint density at radius 3 is 2.87 bits per heavy atom. The van der Waals surface area contributed by atoms with E-state index in [0.717, 1.165) is 11.7 Å². The molecule has 0 radical (unpaired) electrons. The molecule has 0 amide bonds. The molecule has 1 N–H and O–H groups in total. The van der Waals surface area contributed by atoms with Crippen LogP contribution in [0.5, 0.6) is 0 Å². The Morgan fingerprint density at radius 1 is 1.40 bits per heavy atom. The van der Waals surface area contributed by atoms with Crippen molar-refractivity contribution < 1.29 is 4.42 Å². The van der Waals surface area contributed by atoms with E-state index in [1.54, 1.807) is 6.26 Å². The van der Waals surface area contributed by atoms with E-state index in [-0.39, 0.29) is 0 Å². The van der Waals surface area contributed by atoms with Crippen LogP contribution < -0.4 is 5.32 Å². The first kappa shape index (κ1) is 10.7. The fourth-order valence-corrected chi connectivity index (χ4v) is 2.50. The minimum atomic E-state index is 0.338. The van der Waals surface area contributed by atoms with Crippen molar-refractivity contribution in [2.45, 2.75) is 51.6 Å². The average molecular weight is 207 g/mol. The SMILES string of the molecule is C[C@H](N[C@H]1CCCC[C@H]1C)c1ccco1. The summed E-state index contributed by atoms with van der Waals surface area (Å²) in [5.41, 5.74) is 0. The van der Waals surface area contributed by atoms with Crippen molar-refractivity contribution in [2.24, 2.45) is 5.92 Å². The Bertz CT molecular complexity index is 281. The van der Waals surface area contributed by atoms with E-state index in [0.29, 0.717) is 12.1 Å². The highest BCUT2D eigenvalue weighted by molar-refractivity contribution is 5.03. The second kappa shape index (κ2) is 4.84. The van der Waals surface area contributed by atoms with Gasteiger partial charge in [-0.1, -0.05) is 19.8 Å². The summed E-state index contributed by atoms with van der Waals surface area (Å²) in [6.45, 7) is 4.53. The Kier molecular flexibility index (Phi) is 3.47. The summed E-state index contributed by atoms with van der Waals surface area (Å²) >= 11 is 0. The molecule has 0 unspecified atom stereocenters. The molecule has 1 saturated carbocycles. The summed E-state index contributed by atoms with van der Waals surface area (Å²) in [6.07, 6.45) is 7.19. The zero-order valence-corrected chi connectivity index (χ0v) is 9.70. The lowest BCUT2D eigenvalue weighted by Gasteiger charge is -2.31. The number of hydrogen-bond donors (Lipinski definition) is 1. The van der Waals surface area contributed by atoms with Crippen LogP contribution in [0.1, 0.15) is 51.3 Å². The molecule has 0 aromatic carbocycles. The Morgan fingerprint density at radius 2 is 2.20 bits per heavy atom. The minimum Gasteiger partial charge on any atom is -0.468 e. The summed E-state index contributed by atoms with van der Waals surface area (Å²) < 4.78 is 5.41. The van der Waals surface area contributed by atoms with Crippen LogP contribution in [-0.2, 0) is 0 Å². The van der Waals surface area contributed by atoms with E-state index in [1.807, 2.05) is 12.1 Å². The fraction of sp³-hybridized carbons (Fsp3) is 0.692. The molecular formula is C13H21NO. The summed E-state index contributed by atoms with van der Waals surface area (Å²) in [5.74, 6) is 1.85. The van der Waals surface area contributed by atoms with Crippen LogP contribution in [0.25, 0.3) is 0 Å². The molecule has 15 heavy (non-hydrogen) atoms. The fourth-order valence-electron chi connectivity index (χ4n) is 2.50. The average Bonchev–Trinajstić information content (AvgIpc) is 2.74. The van der Waals surface area contributed by atoms with Gasteiger partial charge in [0.15, 0.2) is 0 Å². The second-order valence-electron chi connectivity index (χ2n) is 4.77. The molecule has 84 valence electrons. The quantitative estimate of drug-likeness (QED) is 0.820. The van der Waals surface area contributed by atoms with E-state index >= 15 is 0 Å². The van der Waals surface area contributed by atoms with E-state index < -0.39 is 0 Å². The monoisotopic (exact) mass is 207 g/mol. The van der Waals surface area contributed by atoms with E-state index in [2.05, 4.69) is 19.2 Å². The second-order valence-corrected chi connectivity index (χ2v) is 4.77. The number of hydrogen-bond acceptors (Lipinski definition) is 2. The summed E-state index contributed by atoms with van der Waals surface area (Å²) in [5, 5.41) is 3.68. The van der Waals surface area contributed by atoms with Crippen LogP contribution in [0, 0.1) is 5.92 Å². The molecule has 2 heteroatoms. The first-order valence-corrected chi connectivity index (χ1v) is 6.07. The van der Waals surface area contributed by atoms with Gasteiger partial charge in [0.1, 0.15) is 5.76 Å². The first-order valence-electron chi connectivity index (χ1n) is 6.07. The molecule has 1 aromatic heterocycles. The van der Waals surface area contributed by atoms with Crippen LogP contribution >= 0.6 is 0 Å². The third kappa shape index (κ3) is 2.63. The van der Waals surface area contributed by atoms with Crippen LogP contribution in [0.4, 0.5) is 0 Å². The number of nitrogens with one attached hydrogen (secondary N) is 1. The first-order chi connectivity index (χ1) is 7.27. The lowest BCUT2D eigenvalue weighted by Crippen LogP contribution is -2.38. The van der Waals surface area contributed by atoms with Crippen molar-refractivity contribution in [3.63, 3.8) is 0 Å². The van der Waals surface area contributed by atoms with E-state index in [4.69, 9.17) is 4.42 Å². The third-order valence-electron chi connectivity index (χ3n) is 3.55. The highest BCUT2D eigenvalue weighted by Crippen LogP contribution is 2.26. The maximum atomic E-state index is 5.41. The zero-order valence-electron chi connectivity index (χ0n) is 9.70. The van der Waals surface area contributed by atoms with Gasteiger partial charge in [-0.3, -0.25) is 0 Å². The van der Waals surface area contributed by atoms with Gasteiger partial charge in [-0.2, -0.15) is 0 Å². The topological polar surface area (TPSA) is 25.2 Å². The van der Waals surface area contributed by atoms with Crippen LogP contribution in [0.2, 0.25) is 0 Å². The van der Waals surface area contributed by atoms with Crippen LogP contribution in [0.15, 0.2) is 22.8 Å². The van der Waals surface area contributed by atoms with Crippen molar-refractivity contribution >= 4 is 0 Å². The van der Waals surface area contributed by atoms with Crippen molar-refractivity contribution in [1.82, 2.24) is 5.32 Å². The molecule has 3 atom stereocenters. The summed E-state index contributed by atoms with van der Waals surface area (Å²) in [4.78, 5) is 0. The van der Waals surface area contributed by atoms with Gasteiger partial charge >= 0.3 is 0 Å². The van der Waals surface area contributed by atoms with Crippen molar-refractivity contribution in [2.75, 3.05) is 0 Å². The van der Waals surface area contributed by atoms with Gasteiger partial charge < -0.3 is 9.73 Å². The predicted octanol–water partition coefficient (Wildman–Crippen LogP) is 3.51. The normalized spacial score (nSPS) is 28.9. The molecule has 2 nitrogen and oxygen atoms in total. The molecule has 1 aliphatic carbocycles. The largest absolute Gasteiger partial charge is 0.468 e. The molecule has 0 spiro atoms. The molecule has 1 aromatic rings. The number of rotatable bonds is 3. The van der Waals surface area contributed by atoms with E-state index in [1.165, 1.54) is 25.7 Å². The Labute approximate surface area is 92.1 Å². The van der Waals surface area contributed by atoms with Crippen molar-refractivity contribution in [3.8, 4) is 0 Å². The minimum absolute atomic E-state index is 0.338. The molecule has 0 aliphatic heterocycles. The third-order valence-corrected chi connectivity index (χ3v) is 3.55.